The number of carbonyl (C=O) groups excluding carboxylic acids is 2. The molecule has 10 rings (SSSR count). The largest absolute Gasteiger partial charge is 0.381 e. The Morgan fingerprint density at radius 1 is 0.679 bits per heavy atom. The van der Waals surface area contributed by atoms with Gasteiger partial charge < -0.3 is 19.7 Å². The fourth-order valence-corrected chi connectivity index (χ4v) is 9.29. The monoisotopic (exact) mass is 784 g/mol. The summed E-state index contributed by atoms with van der Waals surface area (Å²) in [4.78, 5) is 42.0. The van der Waals surface area contributed by atoms with Crippen molar-refractivity contribution < 1.29 is 19.1 Å². The first kappa shape index (κ1) is 40.2. The van der Waals surface area contributed by atoms with E-state index in [-0.39, 0.29) is 18.6 Å². The van der Waals surface area contributed by atoms with Crippen molar-refractivity contribution in [2.45, 2.75) is 97.3 Å². The highest BCUT2D eigenvalue weighted by atomic mass is 35.5. The van der Waals surface area contributed by atoms with E-state index in [9.17, 15) is 9.59 Å². The fourth-order valence-electron chi connectivity index (χ4n) is 9.29. The van der Waals surface area contributed by atoms with E-state index in [2.05, 4.69) is 50.3 Å². The molecule has 4 aromatic heterocycles. The number of hydrogen-bond donors (Lipinski definition) is 1. The molecule has 12 nitrogen and oxygen atoms in total. The quantitative estimate of drug-likeness (QED) is 0.223. The number of hydrogen-bond acceptors (Lipinski definition) is 9. The summed E-state index contributed by atoms with van der Waals surface area (Å²) >= 11 is 4.64. The van der Waals surface area contributed by atoms with Gasteiger partial charge in [-0.05, 0) is 99.0 Å². The molecule has 0 spiro atoms. The van der Waals surface area contributed by atoms with E-state index in [0.29, 0.717) is 23.7 Å². The minimum Gasteiger partial charge on any atom is -0.381 e. The molecule has 0 aromatic carbocycles. The first-order valence-electron chi connectivity index (χ1n) is 20.3. The number of amides is 1. The molecule has 0 unspecified atom stereocenters. The Morgan fingerprint density at radius 3 is 1.54 bits per heavy atom. The van der Waals surface area contributed by atoms with E-state index in [1.807, 2.05) is 17.3 Å². The van der Waals surface area contributed by atoms with Crippen molar-refractivity contribution in [2.24, 2.45) is 11.8 Å². The zero-order valence-electron chi connectivity index (χ0n) is 32.1. The van der Waals surface area contributed by atoms with E-state index >= 15 is 0 Å². The lowest BCUT2D eigenvalue weighted by Gasteiger charge is -2.30. The molecule has 0 bridgehead atoms. The lowest BCUT2D eigenvalue weighted by atomic mass is 9.90. The van der Waals surface area contributed by atoms with E-state index in [0.717, 1.165) is 121 Å². The minimum atomic E-state index is -0.361. The van der Waals surface area contributed by atoms with Gasteiger partial charge in [-0.25, -0.2) is 9.97 Å². The zero-order valence-corrected chi connectivity index (χ0v) is 32.9. The summed E-state index contributed by atoms with van der Waals surface area (Å²) < 4.78 is 15.7. The molecule has 4 saturated heterocycles. The smallest absolute Gasteiger partial charge is 0.219 e. The number of imidazole rings is 2. The summed E-state index contributed by atoms with van der Waals surface area (Å²) in [6.07, 6.45) is 23.8. The predicted octanol–water partition coefficient (Wildman–Crippen LogP) is 6.79. The second kappa shape index (κ2) is 18.1. The number of ether oxygens (including phenoxy) is 2. The summed E-state index contributed by atoms with van der Waals surface area (Å²) in [6.45, 7) is 10.3. The van der Waals surface area contributed by atoms with Gasteiger partial charge in [-0.1, -0.05) is 19.6 Å². The second-order valence-corrected chi connectivity index (χ2v) is 16.2. The maximum atomic E-state index is 11.6. The number of rotatable bonds is 4. The van der Waals surface area contributed by atoms with Crippen LogP contribution in [0.5, 0.6) is 0 Å². The lowest BCUT2D eigenvalue weighted by molar-refractivity contribution is -0.129. The van der Waals surface area contributed by atoms with Crippen molar-refractivity contribution in [3.05, 3.63) is 71.1 Å². The Morgan fingerprint density at radius 2 is 1.11 bits per heavy atom. The normalized spacial score (nSPS) is 20.6. The molecule has 300 valence electrons. The second-order valence-electron chi connectivity index (χ2n) is 15.7. The first-order valence-corrected chi connectivity index (χ1v) is 20.6. The SMILES string of the molecule is C.C1=C(C2CCOCC2)c2c(ncc3nc(C4CCNCC4)cn23)C1.CC(=O)Cl.CC(=O)N1CCC(c2cn3c4c(ncc3n2)CC=C4C2CCOCC2)CC1. The summed E-state index contributed by atoms with van der Waals surface area (Å²) in [5.74, 6) is 2.36. The average molecular weight is 785 g/mol. The third-order valence-corrected chi connectivity index (χ3v) is 12.2. The molecule has 13 heteroatoms. The van der Waals surface area contributed by atoms with Crippen LogP contribution in [0.15, 0.2) is 36.9 Å². The molecule has 8 heterocycles. The van der Waals surface area contributed by atoms with Crippen LogP contribution in [0.4, 0.5) is 0 Å². The molecule has 4 aromatic rings. The van der Waals surface area contributed by atoms with Gasteiger partial charge in [-0.3, -0.25) is 28.4 Å². The molecule has 2 aliphatic carbocycles. The fraction of sp³-hybridized carbons (Fsp3) is 0.581. The maximum Gasteiger partial charge on any atom is 0.219 e. The van der Waals surface area contributed by atoms with Crippen LogP contribution < -0.4 is 5.32 Å². The van der Waals surface area contributed by atoms with E-state index in [1.165, 1.54) is 59.4 Å². The number of nitrogens with zero attached hydrogens (tertiary/aromatic N) is 7. The minimum absolute atomic E-state index is 0. The van der Waals surface area contributed by atoms with Gasteiger partial charge in [0.05, 0.1) is 46.6 Å². The van der Waals surface area contributed by atoms with Gasteiger partial charge in [0.1, 0.15) is 0 Å². The van der Waals surface area contributed by atoms with E-state index < -0.39 is 0 Å². The van der Waals surface area contributed by atoms with Crippen LogP contribution in [0, 0.1) is 11.8 Å². The highest BCUT2D eigenvalue weighted by molar-refractivity contribution is 6.62. The third kappa shape index (κ3) is 8.63. The van der Waals surface area contributed by atoms with Gasteiger partial charge in [0, 0.05) is 90.4 Å². The van der Waals surface area contributed by atoms with E-state index in [1.54, 1.807) is 6.92 Å². The Labute approximate surface area is 335 Å². The van der Waals surface area contributed by atoms with Crippen LogP contribution >= 0.6 is 11.6 Å². The number of fused-ring (bicyclic) bond motifs is 6. The number of halogens is 1. The summed E-state index contributed by atoms with van der Waals surface area (Å²) in [5, 5.41) is 3.08. The number of allylic oxidation sites excluding steroid dienone is 4. The van der Waals surface area contributed by atoms with Crippen molar-refractivity contribution in [3.63, 3.8) is 0 Å². The molecule has 1 amide bonds. The Bertz CT molecular complexity index is 2080. The number of aromatic nitrogens is 6. The van der Waals surface area contributed by atoms with Crippen LogP contribution in [0.3, 0.4) is 0 Å². The molecular weight excluding hydrogens is 728 g/mol. The highest BCUT2D eigenvalue weighted by Gasteiger charge is 2.31. The third-order valence-electron chi connectivity index (χ3n) is 12.2. The van der Waals surface area contributed by atoms with Crippen molar-refractivity contribution in [1.29, 1.82) is 0 Å². The highest BCUT2D eigenvalue weighted by Crippen LogP contribution is 2.39. The van der Waals surface area contributed by atoms with Crippen molar-refractivity contribution in [1.82, 2.24) is 39.0 Å². The van der Waals surface area contributed by atoms with Crippen molar-refractivity contribution in [2.75, 3.05) is 52.6 Å². The van der Waals surface area contributed by atoms with Crippen LogP contribution in [-0.2, 0) is 31.9 Å². The molecular formula is C43H57ClN8O4. The van der Waals surface area contributed by atoms with Gasteiger partial charge in [0.15, 0.2) is 11.3 Å². The molecule has 0 saturated carbocycles. The van der Waals surface area contributed by atoms with Crippen molar-refractivity contribution in [3.8, 4) is 0 Å². The standard InChI is InChI=1S/C21H26N4O2.C19H24N4O.C2H3ClO.CH4/c1-14(26)24-8-4-16(5-9-24)19-13-25-20(23-19)12-22-18-3-2-17(21(18)25)15-6-10-27-11-7-15;1-2-16-19(15(1)13-5-9-24-10-6-13)23-12-17(22-18(23)11-21-16)14-3-7-20-8-4-14;1-2(3)4;/h2,12-13,15-16H,3-11H2,1H3;1,11-14,20H,2-10H2;1H3;1H4. The van der Waals surface area contributed by atoms with Crippen molar-refractivity contribution >= 4 is 45.2 Å². The first-order chi connectivity index (χ1) is 26.8. The summed E-state index contributed by atoms with van der Waals surface area (Å²) in [6, 6.07) is 0. The van der Waals surface area contributed by atoms with Gasteiger partial charge >= 0.3 is 0 Å². The molecule has 0 atom stereocenters. The number of piperidine rings is 2. The molecule has 4 fully saturated rings. The number of nitrogens with one attached hydrogen (secondary N) is 1. The molecule has 4 aliphatic heterocycles. The summed E-state index contributed by atoms with van der Waals surface area (Å²) in [5.41, 5.74) is 12.2. The van der Waals surface area contributed by atoms with Crippen LogP contribution in [-0.4, -0.2) is 97.4 Å². The summed E-state index contributed by atoms with van der Waals surface area (Å²) in [7, 11) is 0. The van der Waals surface area contributed by atoms with E-state index in [4.69, 9.17) is 29.4 Å². The van der Waals surface area contributed by atoms with Gasteiger partial charge in [0.25, 0.3) is 0 Å². The molecule has 0 radical (unpaired) electrons. The van der Waals surface area contributed by atoms with Crippen LogP contribution in [0.2, 0.25) is 0 Å². The number of likely N-dealkylation sites (tertiary alicyclic amines) is 1. The maximum absolute atomic E-state index is 11.6. The molecule has 6 aliphatic rings. The Balaban J connectivity index is 0.000000155. The van der Waals surface area contributed by atoms with Gasteiger partial charge in [-0.2, -0.15) is 0 Å². The van der Waals surface area contributed by atoms with Crippen LogP contribution in [0.25, 0.3) is 22.4 Å². The Hall–Kier alpha value is -3.97. The molecule has 1 N–H and O–H groups in total. The Kier molecular flexibility index (Phi) is 13.0. The molecule has 56 heavy (non-hydrogen) atoms. The zero-order chi connectivity index (χ0) is 37.9. The number of carbonyl (C=O) groups is 2. The topological polar surface area (TPSA) is 128 Å². The lowest BCUT2D eigenvalue weighted by Crippen LogP contribution is -2.36. The van der Waals surface area contributed by atoms with Gasteiger partial charge in [0.2, 0.25) is 11.1 Å². The predicted molar refractivity (Wildman–Crippen MR) is 219 cm³/mol. The average Bonchev–Trinajstić information content (AvgIpc) is 4.03. The van der Waals surface area contributed by atoms with Gasteiger partial charge in [-0.15, -0.1) is 0 Å². The van der Waals surface area contributed by atoms with Crippen LogP contribution in [0.1, 0.15) is 119 Å².